The van der Waals surface area contributed by atoms with Gasteiger partial charge in [-0.15, -0.1) is 11.3 Å². The average Bonchev–Trinajstić information content (AvgIpc) is 2.48. The summed E-state index contributed by atoms with van der Waals surface area (Å²) in [4.78, 5) is 15.7. The number of carbonyl (C=O) groups is 1. The van der Waals surface area contributed by atoms with Crippen LogP contribution in [0.25, 0.3) is 0 Å². The molecule has 1 rings (SSSR count). The Bertz CT molecular complexity index is 359. The molecule has 0 bridgehead atoms. The Balaban J connectivity index is 2.23. The summed E-state index contributed by atoms with van der Waals surface area (Å²) in [5.41, 5.74) is -0.165. The Morgan fingerprint density at radius 2 is 2.25 bits per heavy atom. The number of hydrogen-bond donors (Lipinski definition) is 2. The van der Waals surface area contributed by atoms with Crippen molar-refractivity contribution in [2.24, 2.45) is 0 Å². The van der Waals surface area contributed by atoms with E-state index in [1.54, 1.807) is 0 Å². The minimum absolute atomic E-state index is 0.0515. The van der Waals surface area contributed by atoms with Crippen molar-refractivity contribution in [3.8, 4) is 0 Å². The van der Waals surface area contributed by atoms with Gasteiger partial charge in [0.2, 0.25) is 5.91 Å². The van der Waals surface area contributed by atoms with Crippen LogP contribution >= 0.6 is 27.3 Å². The monoisotopic (exact) mass is 305 g/mol. The Morgan fingerprint density at radius 1 is 1.56 bits per heavy atom. The molecule has 0 atom stereocenters. The van der Waals surface area contributed by atoms with Crippen LogP contribution in [0.3, 0.4) is 0 Å². The van der Waals surface area contributed by atoms with Crippen molar-refractivity contribution < 1.29 is 4.79 Å². The molecular weight excluding hydrogens is 290 g/mol. The van der Waals surface area contributed by atoms with Crippen LogP contribution in [-0.2, 0) is 4.79 Å². The second kappa shape index (κ2) is 5.63. The first-order valence-electron chi connectivity index (χ1n) is 5.03. The van der Waals surface area contributed by atoms with Gasteiger partial charge in [-0.1, -0.05) is 0 Å². The van der Waals surface area contributed by atoms with Crippen LogP contribution < -0.4 is 10.6 Å². The number of anilines is 1. The van der Waals surface area contributed by atoms with Gasteiger partial charge in [-0.05, 0) is 36.7 Å². The second-order valence-electron chi connectivity index (χ2n) is 4.45. The standard InChI is InChI=1S/C10H16BrN3OS/c1-10(2,3)14-8(15)4-5-12-9-13-7(11)6-16-9/h6H,4-5H2,1-3H3,(H,12,13)(H,14,15). The molecule has 6 heteroatoms. The molecule has 90 valence electrons. The van der Waals surface area contributed by atoms with E-state index in [1.807, 2.05) is 26.2 Å². The average molecular weight is 306 g/mol. The van der Waals surface area contributed by atoms with E-state index in [9.17, 15) is 4.79 Å². The molecule has 0 unspecified atom stereocenters. The number of hydrogen-bond acceptors (Lipinski definition) is 4. The van der Waals surface area contributed by atoms with E-state index in [2.05, 4.69) is 31.5 Å². The fourth-order valence-corrected chi connectivity index (χ4v) is 2.27. The van der Waals surface area contributed by atoms with Crippen LogP contribution in [0.5, 0.6) is 0 Å². The number of thiazole rings is 1. The van der Waals surface area contributed by atoms with Gasteiger partial charge < -0.3 is 10.6 Å². The van der Waals surface area contributed by atoms with Gasteiger partial charge in [0.05, 0.1) is 0 Å². The highest BCUT2D eigenvalue weighted by Gasteiger charge is 2.13. The van der Waals surface area contributed by atoms with Crippen LogP contribution in [-0.4, -0.2) is 23.0 Å². The summed E-state index contributed by atoms with van der Waals surface area (Å²) in [7, 11) is 0. The molecule has 0 fully saturated rings. The third-order valence-electron chi connectivity index (χ3n) is 1.62. The van der Waals surface area contributed by atoms with Crippen LogP contribution in [0.1, 0.15) is 27.2 Å². The summed E-state index contributed by atoms with van der Waals surface area (Å²) >= 11 is 4.79. The number of rotatable bonds is 4. The van der Waals surface area contributed by atoms with Gasteiger partial charge in [-0.25, -0.2) is 4.98 Å². The van der Waals surface area contributed by atoms with Gasteiger partial charge in [0.25, 0.3) is 0 Å². The number of aromatic nitrogens is 1. The largest absolute Gasteiger partial charge is 0.361 e. The molecule has 16 heavy (non-hydrogen) atoms. The lowest BCUT2D eigenvalue weighted by molar-refractivity contribution is -0.122. The van der Waals surface area contributed by atoms with Crippen LogP contribution in [0.4, 0.5) is 5.13 Å². The van der Waals surface area contributed by atoms with E-state index >= 15 is 0 Å². The molecule has 1 aromatic rings. The molecule has 0 aliphatic carbocycles. The second-order valence-corrected chi connectivity index (χ2v) is 6.12. The summed E-state index contributed by atoms with van der Waals surface area (Å²) < 4.78 is 0.819. The first kappa shape index (κ1) is 13.4. The first-order valence-corrected chi connectivity index (χ1v) is 6.70. The number of nitrogens with zero attached hydrogens (tertiary/aromatic N) is 1. The molecule has 0 aromatic carbocycles. The minimum Gasteiger partial charge on any atom is -0.361 e. The fourth-order valence-electron chi connectivity index (χ4n) is 1.10. The van der Waals surface area contributed by atoms with Gasteiger partial charge >= 0.3 is 0 Å². The van der Waals surface area contributed by atoms with Crippen molar-refractivity contribution in [3.05, 3.63) is 9.98 Å². The molecule has 4 nitrogen and oxygen atoms in total. The van der Waals surface area contributed by atoms with E-state index in [1.165, 1.54) is 11.3 Å². The summed E-state index contributed by atoms with van der Waals surface area (Å²) in [6, 6.07) is 0. The topological polar surface area (TPSA) is 54.0 Å². The van der Waals surface area contributed by atoms with Crippen molar-refractivity contribution in [1.82, 2.24) is 10.3 Å². The Hall–Kier alpha value is -0.620. The number of carbonyl (C=O) groups excluding carboxylic acids is 1. The van der Waals surface area contributed by atoms with E-state index in [0.717, 1.165) is 9.73 Å². The molecule has 0 aliphatic heterocycles. The third kappa shape index (κ3) is 5.46. The van der Waals surface area contributed by atoms with Crippen molar-refractivity contribution >= 4 is 38.3 Å². The fraction of sp³-hybridized carbons (Fsp3) is 0.600. The summed E-state index contributed by atoms with van der Waals surface area (Å²) in [6.07, 6.45) is 0.453. The molecule has 1 aromatic heterocycles. The van der Waals surface area contributed by atoms with Crippen LogP contribution in [0.2, 0.25) is 0 Å². The minimum atomic E-state index is -0.165. The summed E-state index contributed by atoms with van der Waals surface area (Å²) in [6.45, 7) is 6.50. The lowest BCUT2D eigenvalue weighted by Gasteiger charge is -2.20. The molecule has 1 amide bonds. The van der Waals surface area contributed by atoms with Gasteiger partial charge in [-0.3, -0.25) is 4.79 Å². The maximum Gasteiger partial charge on any atom is 0.222 e. The highest BCUT2D eigenvalue weighted by molar-refractivity contribution is 9.10. The SMILES string of the molecule is CC(C)(C)NC(=O)CCNc1nc(Br)cs1. The highest BCUT2D eigenvalue weighted by Crippen LogP contribution is 2.19. The zero-order chi connectivity index (χ0) is 12.2. The van der Waals surface area contributed by atoms with Gasteiger partial charge in [0, 0.05) is 23.9 Å². The smallest absolute Gasteiger partial charge is 0.222 e. The molecule has 0 saturated carbocycles. The predicted molar refractivity (Wildman–Crippen MR) is 70.8 cm³/mol. The van der Waals surface area contributed by atoms with Crippen molar-refractivity contribution in [1.29, 1.82) is 0 Å². The van der Waals surface area contributed by atoms with Crippen molar-refractivity contribution in [3.63, 3.8) is 0 Å². The predicted octanol–water partition coefficient (Wildman–Crippen LogP) is 2.62. The lowest BCUT2D eigenvalue weighted by Crippen LogP contribution is -2.41. The van der Waals surface area contributed by atoms with Crippen LogP contribution in [0.15, 0.2) is 9.98 Å². The Morgan fingerprint density at radius 3 is 2.75 bits per heavy atom. The third-order valence-corrected chi connectivity index (χ3v) is 3.13. The molecule has 0 saturated heterocycles. The Kier molecular flexibility index (Phi) is 4.73. The zero-order valence-corrected chi connectivity index (χ0v) is 12.0. The molecule has 0 aliphatic rings. The molecule has 0 spiro atoms. The highest BCUT2D eigenvalue weighted by atomic mass is 79.9. The van der Waals surface area contributed by atoms with E-state index < -0.39 is 0 Å². The van der Waals surface area contributed by atoms with E-state index in [4.69, 9.17) is 0 Å². The summed E-state index contributed by atoms with van der Waals surface area (Å²) in [5.74, 6) is 0.0515. The number of halogens is 1. The Labute approximate surface area is 108 Å². The van der Waals surface area contributed by atoms with E-state index in [0.29, 0.717) is 13.0 Å². The van der Waals surface area contributed by atoms with Gasteiger partial charge in [0.15, 0.2) is 5.13 Å². The van der Waals surface area contributed by atoms with Crippen LogP contribution in [0, 0.1) is 0 Å². The number of amides is 1. The quantitative estimate of drug-likeness (QED) is 0.899. The normalized spacial score (nSPS) is 11.2. The van der Waals surface area contributed by atoms with Gasteiger partial charge in [-0.2, -0.15) is 0 Å². The molecule has 1 heterocycles. The molecular formula is C10H16BrN3OS. The summed E-state index contributed by atoms with van der Waals surface area (Å²) in [5, 5.41) is 8.73. The maximum absolute atomic E-state index is 11.5. The van der Waals surface area contributed by atoms with Crippen molar-refractivity contribution in [2.75, 3.05) is 11.9 Å². The molecule has 0 radical (unpaired) electrons. The first-order chi connectivity index (χ1) is 7.37. The number of nitrogens with one attached hydrogen (secondary N) is 2. The molecule has 2 N–H and O–H groups in total. The van der Waals surface area contributed by atoms with E-state index in [-0.39, 0.29) is 11.4 Å². The maximum atomic E-state index is 11.5. The van der Waals surface area contributed by atoms with Gasteiger partial charge in [0.1, 0.15) is 4.60 Å². The lowest BCUT2D eigenvalue weighted by atomic mass is 10.1. The van der Waals surface area contributed by atoms with Crippen molar-refractivity contribution in [2.45, 2.75) is 32.7 Å². The zero-order valence-electron chi connectivity index (χ0n) is 9.63.